The van der Waals surface area contributed by atoms with Crippen molar-refractivity contribution in [3.8, 4) is 0 Å². The van der Waals surface area contributed by atoms with Gasteiger partial charge in [-0.3, -0.25) is 0 Å². The highest BCUT2D eigenvalue weighted by atomic mass is 16.3. The van der Waals surface area contributed by atoms with Gasteiger partial charge in [0.15, 0.2) is 0 Å². The minimum Gasteiger partial charge on any atom is -0.459 e. The minimum absolute atomic E-state index is 0.115. The predicted molar refractivity (Wildman–Crippen MR) is 80.4 cm³/mol. The van der Waals surface area contributed by atoms with Crippen molar-refractivity contribution < 1.29 is 4.42 Å². The number of fused-ring (bicyclic) bond motifs is 1. The number of aromatic nitrogens is 1. The van der Waals surface area contributed by atoms with Crippen LogP contribution >= 0.6 is 0 Å². The third-order valence-corrected chi connectivity index (χ3v) is 3.42. The zero-order chi connectivity index (χ0) is 13.9. The van der Waals surface area contributed by atoms with Gasteiger partial charge in [0.05, 0.1) is 6.04 Å². The summed E-state index contributed by atoms with van der Waals surface area (Å²) in [6.45, 7) is 0. The van der Waals surface area contributed by atoms with Crippen molar-refractivity contribution in [3.63, 3.8) is 0 Å². The summed E-state index contributed by atoms with van der Waals surface area (Å²) in [5, 5.41) is 4.41. The number of benzene rings is 1. The molecule has 20 heavy (non-hydrogen) atoms. The van der Waals surface area contributed by atoms with E-state index in [1.807, 2.05) is 37.4 Å². The number of para-hydroxylation sites is 1. The molecule has 3 aromatic rings. The molecule has 1 unspecified atom stereocenters. The highest BCUT2D eigenvalue weighted by Gasteiger charge is 2.15. The summed E-state index contributed by atoms with van der Waals surface area (Å²) in [6.07, 6.45) is 2.54. The first-order chi connectivity index (χ1) is 9.76. The van der Waals surface area contributed by atoms with E-state index in [0.717, 1.165) is 28.7 Å². The molecule has 2 aromatic heterocycles. The van der Waals surface area contributed by atoms with Crippen LogP contribution in [-0.4, -0.2) is 12.0 Å². The number of anilines is 1. The van der Waals surface area contributed by atoms with Gasteiger partial charge in [-0.2, -0.15) is 0 Å². The molecule has 0 spiro atoms. The number of furan rings is 1. The molecule has 0 saturated carbocycles. The summed E-state index contributed by atoms with van der Waals surface area (Å²) in [7, 11) is 1.93. The van der Waals surface area contributed by atoms with Crippen LogP contribution in [0.5, 0.6) is 0 Å². The highest BCUT2D eigenvalue weighted by molar-refractivity contribution is 5.77. The number of nitrogens with one attached hydrogen (secondary N) is 1. The molecule has 0 saturated heterocycles. The zero-order valence-corrected chi connectivity index (χ0v) is 11.3. The Kier molecular flexibility index (Phi) is 3.39. The van der Waals surface area contributed by atoms with E-state index in [1.54, 1.807) is 6.20 Å². The lowest BCUT2D eigenvalue weighted by molar-refractivity contribution is 0.451. The number of nitrogens with two attached hydrogens (primary N) is 1. The smallest absolute Gasteiger partial charge is 0.134 e. The molecular weight excluding hydrogens is 250 g/mol. The lowest BCUT2D eigenvalue weighted by atomic mass is 10.0. The predicted octanol–water partition coefficient (Wildman–Crippen LogP) is 2.91. The summed E-state index contributed by atoms with van der Waals surface area (Å²) in [6, 6.07) is 14.1. The van der Waals surface area contributed by atoms with Crippen molar-refractivity contribution in [1.82, 2.24) is 10.3 Å². The quantitative estimate of drug-likeness (QED) is 0.763. The average Bonchev–Trinajstić information content (AvgIpc) is 2.88. The summed E-state index contributed by atoms with van der Waals surface area (Å²) < 4.78 is 5.91. The maximum Gasteiger partial charge on any atom is 0.134 e. The Labute approximate surface area is 117 Å². The van der Waals surface area contributed by atoms with Gasteiger partial charge in [-0.25, -0.2) is 4.98 Å². The Morgan fingerprint density at radius 1 is 1.25 bits per heavy atom. The SMILES string of the molecule is CNC(Cc1ccnc(N)c1)c1cc2ccccc2o1. The summed E-state index contributed by atoms with van der Waals surface area (Å²) >= 11 is 0. The molecule has 102 valence electrons. The van der Waals surface area contributed by atoms with Gasteiger partial charge in [-0.1, -0.05) is 18.2 Å². The molecule has 4 nitrogen and oxygen atoms in total. The largest absolute Gasteiger partial charge is 0.459 e. The molecule has 2 heterocycles. The van der Waals surface area contributed by atoms with Gasteiger partial charge in [0.25, 0.3) is 0 Å². The minimum atomic E-state index is 0.115. The van der Waals surface area contributed by atoms with Crippen LogP contribution in [0.25, 0.3) is 11.0 Å². The van der Waals surface area contributed by atoms with E-state index in [4.69, 9.17) is 10.2 Å². The first-order valence-electron chi connectivity index (χ1n) is 6.62. The molecule has 3 rings (SSSR count). The summed E-state index contributed by atoms with van der Waals surface area (Å²) in [5.41, 5.74) is 7.77. The molecule has 1 atom stereocenters. The van der Waals surface area contributed by atoms with Gasteiger partial charge in [-0.05, 0) is 43.3 Å². The van der Waals surface area contributed by atoms with Crippen LogP contribution in [0.4, 0.5) is 5.82 Å². The molecule has 3 N–H and O–H groups in total. The Morgan fingerprint density at radius 3 is 2.85 bits per heavy atom. The molecule has 0 aliphatic carbocycles. The van der Waals surface area contributed by atoms with Crippen LogP contribution in [0.3, 0.4) is 0 Å². The molecule has 0 fully saturated rings. The van der Waals surface area contributed by atoms with Crippen LogP contribution < -0.4 is 11.1 Å². The van der Waals surface area contributed by atoms with Crippen molar-refractivity contribution >= 4 is 16.8 Å². The van der Waals surface area contributed by atoms with Crippen molar-refractivity contribution in [1.29, 1.82) is 0 Å². The summed E-state index contributed by atoms with van der Waals surface area (Å²) in [5.74, 6) is 1.48. The topological polar surface area (TPSA) is 64.1 Å². The Balaban J connectivity index is 1.89. The van der Waals surface area contributed by atoms with Crippen LogP contribution in [0.2, 0.25) is 0 Å². The van der Waals surface area contributed by atoms with Gasteiger partial charge in [-0.15, -0.1) is 0 Å². The fourth-order valence-electron chi connectivity index (χ4n) is 2.38. The monoisotopic (exact) mass is 267 g/mol. The maximum atomic E-state index is 5.91. The van der Waals surface area contributed by atoms with Crippen molar-refractivity contribution in [2.24, 2.45) is 0 Å². The van der Waals surface area contributed by atoms with E-state index < -0.39 is 0 Å². The second kappa shape index (κ2) is 5.35. The lowest BCUT2D eigenvalue weighted by Gasteiger charge is -2.13. The molecule has 0 aliphatic heterocycles. The third kappa shape index (κ3) is 2.51. The number of nitrogen functional groups attached to an aromatic ring is 1. The number of hydrogen-bond donors (Lipinski definition) is 2. The van der Waals surface area contributed by atoms with Crippen molar-refractivity contribution in [2.45, 2.75) is 12.5 Å². The zero-order valence-electron chi connectivity index (χ0n) is 11.3. The normalized spacial score (nSPS) is 12.7. The number of rotatable bonds is 4. The van der Waals surface area contributed by atoms with Crippen LogP contribution in [-0.2, 0) is 6.42 Å². The second-order valence-electron chi connectivity index (χ2n) is 4.82. The van der Waals surface area contributed by atoms with E-state index in [9.17, 15) is 0 Å². The fourth-order valence-corrected chi connectivity index (χ4v) is 2.38. The van der Waals surface area contributed by atoms with E-state index in [2.05, 4.69) is 22.4 Å². The molecule has 4 heteroatoms. The van der Waals surface area contributed by atoms with E-state index >= 15 is 0 Å². The van der Waals surface area contributed by atoms with Gasteiger partial charge in [0, 0.05) is 11.6 Å². The number of pyridine rings is 1. The first kappa shape index (κ1) is 12.7. The van der Waals surface area contributed by atoms with Gasteiger partial charge in [0.2, 0.25) is 0 Å². The van der Waals surface area contributed by atoms with Crippen LogP contribution in [0.1, 0.15) is 17.4 Å². The molecule has 0 aliphatic rings. The first-order valence-corrected chi connectivity index (χ1v) is 6.62. The molecule has 0 radical (unpaired) electrons. The summed E-state index contributed by atoms with van der Waals surface area (Å²) in [4.78, 5) is 4.01. The maximum absolute atomic E-state index is 5.91. The second-order valence-corrected chi connectivity index (χ2v) is 4.82. The van der Waals surface area contributed by atoms with Gasteiger partial charge < -0.3 is 15.5 Å². The average molecular weight is 267 g/mol. The van der Waals surface area contributed by atoms with Crippen molar-refractivity contribution in [3.05, 3.63) is 60.0 Å². The molecule has 0 bridgehead atoms. The van der Waals surface area contributed by atoms with Crippen LogP contribution in [0.15, 0.2) is 53.1 Å². The number of nitrogens with zero attached hydrogens (tertiary/aromatic N) is 1. The Bertz CT molecular complexity index is 687. The molecular formula is C16H17N3O. The van der Waals surface area contributed by atoms with Gasteiger partial charge >= 0.3 is 0 Å². The highest BCUT2D eigenvalue weighted by Crippen LogP contribution is 2.26. The Morgan fingerprint density at radius 2 is 2.10 bits per heavy atom. The lowest BCUT2D eigenvalue weighted by Crippen LogP contribution is -2.18. The number of likely N-dealkylation sites (N-methyl/N-ethyl adjacent to an activating group) is 1. The molecule has 0 amide bonds. The fraction of sp³-hybridized carbons (Fsp3) is 0.188. The standard InChI is InChI=1S/C16H17N3O/c1-18-13(8-11-6-7-19-16(17)9-11)15-10-12-4-2-3-5-14(12)20-15/h2-7,9-10,13,18H,8H2,1H3,(H2,17,19). The van der Waals surface area contributed by atoms with Gasteiger partial charge in [0.1, 0.15) is 17.2 Å². The third-order valence-electron chi connectivity index (χ3n) is 3.42. The van der Waals surface area contributed by atoms with E-state index in [0.29, 0.717) is 5.82 Å². The Hall–Kier alpha value is -2.33. The van der Waals surface area contributed by atoms with E-state index in [1.165, 1.54) is 0 Å². The van der Waals surface area contributed by atoms with Crippen molar-refractivity contribution in [2.75, 3.05) is 12.8 Å². The van der Waals surface area contributed by atoms with Crippen LogP contribution in [0, 0.1) is 0 Å². The van der Waals surface area contributed by atoms with E-state index in [-0.39, 0.29) is 6.04 Å². The number of hydrogen-bond acceptors (Lipinski definition) is 4. The molecule has 1 aromatic carbocycles.